The number of carbonyl (C=O) groups excluding carboxylic acids is 3. The molecular formula is C17H25NO5. The second-order valence-corrected chi connectivity index (χ2v) is 6.73. The van der Waals surface area contributed by atoms with Crippen LogP contribution < -0.4 is 0 Å². The zero-order valence-corrected chi connectivity index (χ0v) is 13.8. The first-order valence-electron chi connectivity index (χ1n) is 8.65. The van der Waals surface area contributed by atoms with Gasteiger partial charge in [0.1, 0.15) is 11.8 Å². The predicted molar refractivity (Wildman–Crippen MR) is 81.5 cm³/mol. The molecule has 3 rings (SSSR count). The van der Waals surface area contributed by atoms with Gasteiger partial charge in [0.25, 0.3) is 0 Å². The molecule has 5 atom stereocenters. The van der Waals surface area contributed by atoms with Gasteiger partial charge >= 0.3 is 11.9 Å². The second-order valence-electron chi connectivity index (χ2n) is 6.73. The molecule has 0 spiro atoms. The van der Waals surface area contributed by atoms with E-state index in [-0.39, 0.29) is 24.5 Å². The number of hydrogen-bond acceptors (Lipinski definition) is 6. The van der Waals surface area contributed by atoms with Crippen LogP contribution in [0.1, 0.15) is 45.4 Å². The van der Waals surface area contributed by atoms with E-state index in [0.29, 0.717) is 6.04 Å². The molecule has 6 nitrogen and oxygen atoms in total. The molecule has 0 aromatic rings. The van der Waals surface area contributed by atoms with E-state index < -0.39 is 23.8 Å². The fourth-order valence-corrected chi connectivity index (χ4v) is 4.81. The molecule has 23 heavy (non-hydrogen) atoms. The first-order valence-corrected chi connectivity index (χ1v) is 8.65. The maximum absolute atomic E-state index is 13.0. The highest BCUT2D eigenvalue weighted by molar-refractivity contribution is 6.10. The van der Waals surface area contributed by atoms with Crippen LogP contribution in [0.15, 0.2) is 0 Å². The normalized spacial score (nSPS) is 37.0. The molecule has 0 aromatic carbocycles. The highest BCUT2D eigenvalue weighted by Crippen LogP contribution is 2.44. The molecule has 3 aliphatic rings. The van der Waals surface area contributed by atoms with Gasteiger partial charge < -0.3 is 9.47 Å². The van der Waals surface area contributed by atoms with Crippen LogP contribution in [0.25, 0.3) is 0 Å². The summed E-state index contributed by atoms with van der Waals surface area (Å²) in [5, 5.41) is 0. The molecule has 0 aliphatic carbocycles. The SMILES string of the molecule is CCOC(=O)C1C(=O)[C@H](C(=O)OC)C2CCCC3CCCC1N32. The highest BCUT2D eigenvalue weighted by atomic mass is 16.5. The minimum atomic E-state index is -0.855. The molecule has 3 aliphatic heterocycles. The average molecular weight is 323 g/mol. The zero-order chi connectivity index (χ0) is 16.6. The van der Waals surface area contributed by atoms with Crippen molar-refractivity contribution in [3.05, 3.63) is 0 Å². The smallest absolute Gasteiger partial charge is 0.318 e. The van der Waals surface area contributed by atoms with E-state index in [9.17, 15) is 14.4 Å². The Hall–Kier alpha value is -1.43. The number of esters is 2. The molecule has 6 heteroatoms. The summed E-state index contributed by atoms with van der Waals surface area (Å²) in [6.45, 7) is 1.97. The Morgan fingerprint density at radius 3 is 2.13 bits per heavy atom. The Bertz CT molecular complexity index is 503. The number of nitrogens with zero attached hydrogens (tertiary/aromatic N) is 1. The summed E-state index contributed by atoms with van der Waals surface area (Å²) in [5.74, 6) is -3.01. The first-order chi connectivity index (χ1) is 11.1. The van der Waals surface area contributed by atoms with Crippen LogP contribution in [-0.2, 0) is 23.9 Å². The average Bonchev–Trinajstić information content (AvgIpc) is 2.55. The molecule has 3 fully saturated rings. The van der Waals surface area contributed by atoms with Crippen molar-refractivity contribution in [3.63, 3.8) is 0 Å². The summed E-state index contributed by atoms with van der Waals surface area (Å²) in [6.07, 6.45) is 5.81. The Labute approximate surface area is 136 Å². The Balaban J connectivity index is 1.98. The highest BCUT2D eigenvalue weighted by Gasteiger charge is 2.57. The van der Waals surface area contributed by atoms with Gasteiger partial charge in [-0.25, -0.2) is 0 Å². The van der Waals surface area contributed by atoms with E-state index in [1.54, 1.807) is 6.92 Å². The Morgan fingerprint density at radius 2 is 1.61 bits per heavy atom. The van der Waals surface area contributed by atoms with Crippen molar-refractivity contribution in [1.82, 2.24) is 4.90 Å². The second kappa shape index (κ2) is 6.59. The number of hydrogen-bond donors (Lipinski definition) is 0. The minimum absolute atomic E-state index is 0.119. The van der Waals surface area contributed by atoms with Gasteiger partial charge in [0.15, 0.2) is 5.78 Å². The lowest BCUT2D eigenvalue weighted by atomic mass is 9.69. The third kappa shape index (κ3) is 2.67. The molecule has 0 N–H and O–H groups in total. The van der Waals surface area contributed by atoms with Crippen LogP contribution in [0, 0.1) is 11.8 Å². The maximum atomic E-state index is 13.0. The van der Waals surface area contributed by atoms with Crippen molar-refractivity contribution in [2.24, 2.45) is 11.8 Å². The van der Waals surface area contributed by atoms with E-state index in [1.807, 2.05) is 0 Å². The van der Waals surface area contributed by atoms with Gasteiger partial charge in [-0.1, -0.05) is 12.8 Å². The van der Waals surface area contributed by atoms with Crippen LogP contribution >= 0.6 is 0 Å². The fourth-order valence-electron chi connectivity index (χ4n) is 4.81. The van der Waals surface area contributed by atoms with Crippen LogP contribution in [-0.4, -0.2) is 54.5 Å². The lowest BCUT2D eigenvalue weighted by Gasteiger charge is -2.55. The standard InChI is InChI=1S/C17H25NO5/c1-3-23-17(21)14-12-9-5-7-10-6-4-8-11(18(10)12)13(15(14)19)16(20)22-2/h10-14H,3-9H2,1-2H3/t10?,11?,12?,13-,14?/m1/s1. The summed E-state index contributed by atoms with van der Waals surface area (Å²) in [6, 6.07) is 0.126. The number of methoxy groups -OCH3 is 1. The van der Waals surface area contributed by atoms with Crippen molar-refractivity contribution in [2.75, 3.05) is 13.7 Å². The van der Waals surface area contributed by atoms with E-state index in [1.165, 1.54) is 7.11 Å². The van der Waals surface area contributed by atoms with Gasteiger partial charge in [0.2, 0.25) is 0 Å². The van der Waals surface area contributed by atoms with Crippen molar-refractivity contribution in [1.29, 1.82) is 0 Å². The number of rotatable bonds is 3. The quantitative estimate of drug-likeness (QED) is 0.576. The predicted octanol–water partition coefficient (Wildman–Crippen LogP) is 1.31. The maximum Gasteiger partial charge on any atom is 0.318 e. The first kappa shape index (κ1) is 16.4. The number of Topliss-reactive ketones (excluding diaryl/α,β-unsaturated/α-hetero) is 1. The van der Waals surface area contributed by atoms with E-state index in [4.69, 9.17) is 9.47 Å². The number of piperidine rings is 3. The van der Waals surface area contributed by atoms with Crippen molar-refractivity contribution in [3.8, 4) is 0 Å². The van der Waals surface area contributed by atoms with E-state index >= 15 is 0 Å². The van der Waals surface area contributed by atoms with Gasteiger partial charge in [0.05, 0.1) is 13.7 Å². The Kier molecular flexibility index (Phi) is 4.71. The summed E-state index contributed by atoms with van der Waals surface area (Å²) in [5.41, 5.74) is 0. The molecule has 0 saturated carbocycles. The number of carbonyl (C=O) groups is 3. The Morgan fingerprint density at radius 1 is 1.04 bits per heavy atom. The van der Waals surface area contributed by atoms with Gasteiger partial charge in [0, 0.05) is 18.1 Å². The molecule has 3 saturated heterocycles. The monoisotopic (exact) mass is 323 g/mol. The van der Waals surface area contributed by atoms with Crippen LogP contribution in [0.2, 0.25) is 0 Å². The van der Waals surface area contributed by atoms with Crippen LogP contribution in [0.5, 0.6) is 0 Å². The number of ether oxygens (including phenoxy) is 2. The summed E-state index contributed by atoms with van der Waals surface area (Å²) in [7, 11) is 1.30. The number of ketones is 1. The third-order valence-electron chi connectivity index (χ3n) is 5.64. The summed E-state index contributed by atoms with van der Waals surface area (Å²) < 4.78 is 10.0. The molecule has 128 valence electrons. The molecular weight excluding hydrogens is 298 g/mol. The molecule has 3 heterocycles. The lowest BCUT2D eigenvalue weighted by Crippen LogP contribution is -2.68. The van der Waals surface area contributed by atoms with Crippen molar-refractivity contribution in [2.45, 2.75) is 63.6 Å². The molecule has 4 unspecified atom stereocenters. The lowest BCUT2D eigenvalue weighted by molar-refractivity contribution is -0.174. The van der Waals surface area contributed by atoms with Gasteiger partial charge in [-0.05, 0) is 32.6 Å². The van der Waals surface area contributed by atoms with E-state index in [0.717, 1.165) is 38.5 Å². The molecule has 0 bridgehead atoms. The molecule has 0 amide bonds. The molecule has 0 aromatic heterocycles. The van der Waals surface area contributed by atoms with Crippen molar-refractivity contribution < 1.29 is 23.9 Å². The molecule has 0 radical (unpaired) electrons. The zero-order valence-electron chi connectivity index (χ0n) is 13.8. The largest absolute Gasteiger partial charge is 0.468 e. The topological polar surface area (TPSA) is 72.9 Å². The van der Waals surface area contributed by atoms with E-state index in [2.05, 4.69) is 4.90 Å². The van der Waals surface area contributed by atoms with Crippen LogP contribution in [0.4, 0.5) is 0 Å². The third-order valence-corrected chi connectivity index (χ3v) is 5.64. The van der Waals surface area contributed by atoms with Crippen molar-refractivity contribution >= 4 is 17.7 Å². The van der Waals surface area contributed by atoms with Gasteiger partial charge in [-0.15, -0.1) is 0 Å². The fraction of sp³-hybridized carbons (Fsp3) is 0.824. The summed E-state index contributed by atoms with van der Waals surface area (Å²) in [4.78, 5) is 39.9. The van der Waals surface area contributed by atoms with Gasteiger partial charge in [-0.3, -0.25) is 19.3 Å². The van der Waals surface area contributed by atoms with Crippen LogP contribution in [0.3, 0.4) is 0 Å². The minimum Gasteiger partial charge on any atom is -0.468 e. The summed E-state index contributed by atoms with van der Waals surface area (Å²) >= 11 is 0. The van der Waals surface area contributed by atoms with Gasteiger partial charge in [-0.2, -0.15) is 0 Å².